The van der Waals surface area contributed by atoms with E-state index in [2.05, 4.69) is 5.32 Å². The zero-order valence-electron chi connectivity index (χ0n) is 23.9. The summed E-state index contributed by atoms with van der Waals surface area (Å²) in [5, 5.41) is 2.74. The largest absolute Gasteiger partial charge is 0.416 e. The van der Waals surface area contributed by atoms with Gasteiger partial charge in [0.05, 0.1) is 16.1 Å². The summed E-state index contributed by atoms with van der Waals surface area (Å²) in [6.45, 7) is 6.96. The fourth-order valence-corrected chi connectivity index (χ4v) is 5.48. The van der Waals surface area contributed by atoms with Crippen LogP contribution in [0.5, 0.6) is 0 Å². The first-order chi connectivity index (χ1) is 19.4. The number of carbonyl (C=O) groups excluding carboxylic acids is 2. The Morgan fingerprint density at radius 2 is 1.55 bits per heavy atom. The number of sulfonamides is 1. The molecule has 3 rings (SSSR count). The highest BCUT2D eigenvalue weighted by Crippen LogP contribution is 2.33. The van der Waals surface area contributed by atoms with Gasteiger partial charge in [0.25, 0.3) is 10.0 Å². The topological polar surface area (TPSA) is 86.8 Å². The predicted octanol–water partition coefficient (Wildman–Crippen LogP) is 5.68. The quantitative estimate of drug-likeness (QED) is 0.317. The van der Waals surface area contributed by atoms with Crippen LogP contribution in [0.2, 0.25) is 0 Å². The van der Waals surface area contributed by atoms with E-state index in [-0.39, 0.29) is 10.5 Å². The Morgan fingerprint density at radius 3 is 2.12 bits per heavy atom. The normalized spacial score (nSPS) is 12.9. The zero-order chi connectivity index (χ0) is 31.5. The second kappa shape index (κ2) is 12.5. The van der Waals surface area contributed by atoms with Crippen molar-refractivity contribution in [3.8, 4) is 0 Å². The van der Waals surface area contributed by atoms with Gasteiger partial charge in [-0.3, -0.25) is 13.9 Å². The molecular weight excluding hydrogens is 574 g/mol. The summed E-state index contributed by atoms with van der Waals surface area (Å²) in [7, 11) is -4.57. The van der Waals surface area contributed by atoms with Crippen LogP contribution in [0, 0.1) is 12.7 Å². The molecule has 0 fully saturated rings. The van der Waals surface area contributed by atoms with Gasteiger partial charge < -0.3 is 10.2 Å². The van der Waals surface area contributed by atoms with E-state index in [9.17, 15) is 35.6 Å². The standard InChI is InChI=1S/C30H33F4N3O4S/c1-20-13-15-25(16-14-20)42(40,41)37(24-11-8-10-23(17-24)30(32,33)34)19-27(38)36(18-22-9-6-7-12-26(22)31)21(2)28(39)35-29(3,4)5/h6-17,21H,18-19H2,1-5H3,(H,35,39)/t21-/m1/s1. The second-order valence-corrected chi connectivity index (χ2v) is 12.8. The number of rotatable bonds is 9. The number of hydrogen-bond acceptors (Lipinski definition) is 4. The Kier molecular flexibility index (Phi) is 9.71. The lowest BCUT2D eigenvalue weighted by atomic mass is 10.1. The van der Waals surface area contributed by atoms with E-state index in [1.165, 1.54) is 55.5 Å². The highest BCUT2D eigenvalue weighted by molar-refractivity contribution is 7.92. The molecule has 0 aliphatic carbocycles. The summed E-state index contributed by atoms with van der Waals surface area (Å²) in [4.78, 5) is 27.7. The van der Waals surface area contributed by atoms with Gasteiger partial charge in [-0.05, 0) is 71.0 Å². The zero-order valence-corrected chi connectivity index (χ0v) is 24.7. The lowest BCUT2D eigenvalue weighted by Crippen LogP contribution is -2.54. The van der Waals surface area contributed by atoms with Gasteiger partial charge in [-0.2, -0.15) is 13.2 Å². The van der Waals surface area contributed by atoms with Crippen LogP contribution in [0.1, 0.15) is 44.4 Å². The van der Waals surface area contributed by atoms with Crippen molar-refractivity contribution < 1.29 is 35.6 Å². The molecule has 0 radical (unpaired) electrons. The smallest absolute Gasteiger partial charge is 0.350 e. The van der Waals surface area contributed by atoms with Gasteiger partial charge in [-0.1, -0.05) is 42.0 Å². The van der Waals surface area contributed by atoms with Crippen LogP contribution in [0.25, 0.3) is 0 Å². The maximum atomic E-state index is 14.6. The van der Waals surface area contributed by atoms with Crippen molar-refractivity contribution >= 4 is 27.5 Å². The van der Waals surface area contributed by atoms with Gasteiger partial charge in [0.15, 0.2) is 0 Å². The molecule has 0 spiro atoms. The van der Waals surface area contributed by atoms with Crippen molar-refractivity contribution in [3.63, 3.8) is 0 Å². The maximum Gasteiger partial charge on any atom is 0.416 e. The predicted molar refractivity (Wildman–Crippen MR) is 151 cm³/mol. The van der Waals surface area contributed by atoms with Crippen molar-refractivity contribution in [2.75, 3.05) is 10.8 Å². The number of halogens is 4. The molecule has 0 aliphatic heterocycles. The number of benzene rings is 3. The average molecular weight is 608 g/mol. The highest BCUT2D eigenvalue weighted by Gasteiger charge is 2.36. The molecular formula is C30H33F4N3O4S. The molecule has 0 saturated heterocycles. The van der Waals surface area contributed by atoms with E-state index in [4.69, 9.17) is 0 Å². The number of amides is 2. The van der Waals surface area contributed by atoms with Gasteiger partial charge in [-0.15, -0.1) is 0 Å². The van der Waals surface area contributed by atoms with Crippen molar-refractivity contribution in [1.29, 1.82) is 0 Å². The molecule has 0 aliphatic rings. The molecule has 0 unspecified atom stereocenters. The minimum atomic E-state index is -4.78. The van der Waals surface area contributed by atoms with Crippen LogP contribution in [0.3, 0.4) is 0 Å². The molecule has 3 aromatic carbocycles. The number of nitrogens with one attached hydrogen (secondary N) is 1. The summed E-state index contributed by atoms with van der Waals surface area (Å²) in [5.74, 6) is -2.16. The van der Waals surface area contributed by atoms with Gasteiger partial charge in [0, 0.05) is 17.6 Å². The Morgan fingerprint density at radius 1 is 0.929 bits per heavy atom. The van der Waals surface area contributed by atoms with Crippen LogP contribution in [0.4, 0.5) is 23.2 Å². The van der Waals surface area contributed by atoms with Crippen molar-refractivity contribution in [1.82, 2.24) is 10.2 Å². The summed E-state index contributed by atoms with van der Waals surface area (Å²) < 4.78 is 83.5. The van der Waals surface area contributed by atoms with Gasteiger partial charge >= 0.3 is 6.18 Å². The number of nitrogens with zero attached hydrogens (tertiary/aromatic N) is 2. The lowest BCUT2D eigenvalue weighted by molar-refractivity contribution is -0.140. The molecule has 1 N–H and O–H groups in total. The number of aryl methyl sites for hydroxylation is 1. The Labute approximate surface area is 243 Å². The molecule has 2 amide bonds. The van der Waals surface area contributed by atoms with Crippen LogP contribution < -0.4 is 9.62 Å². The molecule has 0 saturated carbocycles. The molecule has 7 nitrogen and oxygen atoms in total. The molecule has 3 aromatic rings. The highest BCUT2D eigenvalue weighted by atomic mass is 32.2. The lowest BCUT2D eigenvalue weighted by Gasteiger charge is -2.33. The first kappa shape index (κ1) is 32.6. The minimum absolute atomic E-state index is 0.0632. The fourth-order valence-electron chi connectivity index (χ4n) is 4.07. The molecule has 0 aromatic heterocycles. The van der Waals surface area contributed by atoms with E-state index in [0.29, 0.717) is 10.4 Å². The third-order valence-corrected chi connectivity index (χ3v) is 8.10. The fraction of sp³-hybridized carbons (Fsp3) is 0.333. The summed E-state index contributed by atoms with van der Waals surface area (Å²) >= 11 is 0. The van der Waals surface area contributed by atoms with E-state index in [1.54, 1.807) is 27.7 Å². The Hall–Kier alpha value is -3.93. The Balaban J connectivity index is 2.11. The molecule has 42 heavy (non-hydrogen) atoms. The first-order valence-electron chi connectivity index (χ1n) is 13.0. The number of carbonyl (C=O) groups is 2. The third-order valence-electron chi connectivity index (χ3n) is 6.31. The van der Waals surface area contributed by atoms with Gasteiger partial charge in [-0.25, -0.2) is 12.8 Å². The summed E-state index contributed by atoms with van der Waals surface area (Å²) in [5.41, 5.74) is -1.40. The van der Waals surface area contributed by atoms with E-state index in [0.717, 1.165) is 28.7 Å². The third kappa shape index (κ3) is 8.09. The van der Waals surface area contributed by atoms with E-state index in [1.807, 2.05) is 0 Å². The minimum Gasteiger partial charge on any atom is -0.350 e. The molecule has 12 heteroatoms. The molecule has 226 valence electrons. The first-order valence-corrected chi connectivity index (χ1v) is 14.5. The number of anilines is 1. The van der Waals surface area contributed by atoms with Crippen molar-refractivity contribution in [3.05, 3.63) is 95.3 Å². The average Bonchev–Trinajstić information content (AvgIpc) is 2.89. The van der Waals surface area contributed by atoms with Crippen molar-refractivity contribution in [2.24, 2.45) is 0 Å². The van der Waals surface area contributed by atoms with Crippen molar-refractivity contribution in [2.45, 2.75) is 63.8 Å². The van der Waals surface area contributed by atoms with Crippen LogP contribution >= 0.6 is 0 Å². The van der Waals surface area contributed by atoms with E-state index >= 15 is 0 Å². The van der Waals surface area contributed by atoms with Crippen LogP contribution in [-0.4, -0.2) is 43.3 Å². The summed E-state index contributed by atoms with van der Waals surface area (Å²) in [6, 6.07) is 13.6. The molecule has 0 bridgehead atoms. The Bertz CT molecular complexity index is 1540. The van der Waals surface area contributed by atoms with Crippen LogP contribution in [-0.2, 0) is 32.3 Å². The second-order valence-electron chi connectivity index (χ2n) is 10.9. The van der Waals surface area contributed by atoms with Gasteiger partial charge in [0.1, 0.15) is 18.4 Å². The molecule has 1 atom stereocenters. The van der Waals surface area contributed by atoms with Crippen LogP contribution in [0.15, 0.2) is 77.7 Å². The monoisotopic (exact) mass is 607 g/mol. The molecule has 0 heterocycles. The SMILES string of the molecule is Cc1ccc(S(=O)(=O)N(CC(=O)N(Cc2ccccc2F)[C@H](C)C(=O)NC(C)(C)C)c2cccc(C(F)(F)F)c2)cc1. The van der Waals surface area contributed by atoms with E-state index < -0.39 is 69.8 Å². The van der Waals surface area contributed by atoms with Gasteiger partial charge in [0.2, 0.25) is 11.8 Å². The number of alkyl halides is 3. The maximum absolute atomic E-state index is 14.6. The number of hydrogen-bond donors (Lipinski definition) is 1. The summed E-state index contributed by atoms with van der Waals surface area (Å²) in [6.07, 6.45) is -4.78.